The number of likely N-dealkylation sites (tertiary alicyclic amines) is 1. The molecule has 1 aromatic rings. The van der Waals surface area contributed by atoms with Gasteiger partial charge in [0.25, 0.3) is 5.91 Å². The topological polar surface area (TPSA) is 69.6 Å². The Morgan fingerprint density at radius 3 is 2.76 bits per heavy atom. The van der Waals surface area contributed by atoms with Gasteiger partial charge in [0.15, 0.2) is 0 Å². The van der Waals surface area contributed by atoms with Gasteiger partial charge in [0.1, 0.15) is 0 Å². The van der Waals surface area contributed by atoms with Crippen LogP contribution in [0.1, 0.15) is 54.6 Å². The van der Waals surface area contributed by atoms with Crippen LogP contribution >= 0.6 is 13.5 Å². The van der Waals surface area contributed by atoms with E-state index in [1.807, 2.05) is 17.0 Å². The van der Waals surface area contributed by atoms with Crippen molar-refractivity contribution in [3.63, 3.8) is 0 Å². The van der Waals surface area contributed by atoms with Gasteiger partial charge >= 0.3 is 0 Å². The fourth-order valence-electron chi connectivity index (χ4n) is 3.98. The smallest absolute Gasteiger partial charge is 0.274 e. The van der Waals surface area contributed by atoms with Crippen LogP contribution in [0.4, 0.5) is 0 Å². The second kappa shape index (κ2) is 7.79. The Kier molecular flexibility index (Phi) is 6.16. The number of hydrogen-bond donors (Lipinski definition) is 2. The van der Waals surface area contributed by atoms with Crippen molar-refractivity contribution in [2.45, 2.75) is 46.0 Å². The lowest BCUT2D eigenvalue weighted by atomic mass is 9.70. The van der Waals surface area contributed by atoms with Crippen LogP contribution < -0.4 is 5.48 Å². The van der Waals surface area contributed by atoms with Crippen LogP contribution in [-0.2, 0) is 17.6 Å². The first-order valence-corrected chi connectivity index (χ1v) is 8.81. The van der Waals surface area contributed by atoms with Gasteiger partial charge in [0, 0.05) is 18.7 Å². The molecule has 1 atom stereocenters. The molecule has 1 fully saturated rings. The zero-order valence-corrected chi connectivity index (χ0v) is 16.0. The Morgan fingerprint density at radius 2 is 2.08 bits per heavy atom. The normalized spacial score (nSPS) is 22.1. The molecule has 0 unspecified atom stereocenters. The third-order valence-corrected chi connectivity index (χ3v) is 5.55. The fourth-order valence-corrected chi connectivity index (χ4v) is 3.98. The van der Waals surface area contributed by atoms with E-state index in [1.54, 1.807) is 11.5 Å². The number of hydroxylamine groups is 1. The Balaban J connectivity index is 0.00000225. The van der Waals surface area contributed by atoms with Gasteiger partial charge in [0.2, 0.25) is 5.91 Å². The third kappa shape index (κ3) is 3.85. The molecule has 3 rings (SSSR count). The molecular weight excluding hydrogens is 336 g/mol. The van der Waals surface area contributed by atoms with E-state index in [0.29, 0.717) is 17.4 Å². The quantitative estimate of drug-likeness (QED) is 0.637. The zero-order valence-electron chi connectivity index (χ0n) is 15.0. The van der Waals surface area contributed by atoms with Crippen LogP contribution in [0.25, 0.3) is 0 Å². The zero-order chi connectivity index (χ0) is 17.3. The lowest BCUT2D eigenvalue weighted by Gasteiger charge is -2.33. The monoisotopic (exact) mass is 364 g/mol. The van der Waals surface area contributed by atoms with Crippen LogP contribution in [0, 0.1) is 11.3 Å². The first-order chi connectivity index (χ1) is 11.4. The second-order valence-electron chi connectivity index (χ2n) is 7.61. The highest BCUT2D eigenvalue weighted by atomic mass is 32.1. The summed E-state index contributed by atoms with van der Waals surface area (Å²) in [5.41, 5.74) is 4.17. The third-order valence-electron chi connectivity index (χ3n) is 5.55. The molecule has 0 radical (unpaired) electrons. The van der Waals surface area contributed by atoms with Crippen molar-refractivity contribution in [2.75, 3.05) is 13.1 Å². The molecule has 25 heavy (non-hydrogen) atoms. The minimum Gasteiger partial charge on any atom is -0.342 e. The minimum absolute atomic E-state index is 0. The SMILES string of the molecule is CC(C)CCN1CC[C@@]2(CCc3cc(C(=O)NO)ccc3C2)C1=O.S. The number of nitrogens with zero attached hydrogens (tertiary/aromatic N) is 1. The number of amides is 2. The van der Waals surface area contributed by atoms with Gasteiger partial charge in [-0.15, -0.1) is 0 Å². The molecule has 0 saturated carbocycles. The van der Waals surface area contributed by atoms with Gasteiger partial charge in [-0.3, -0.25) is 14.8 Å². The molecule has 1 aliphatic carbocycles. The van der Waals surface area contributed by atoms with Crippen molar-refractivity contribution in [2.24, 2.45) is 11.3 Å². The van der Waals surface area contributed by atoms with Crippen LogP contribution in [0.15, 0.2) is 18.2 Å². The number of rotatable bonds is 4. The van der Waals surface area contributed by atoms with Crippen molar-refractivity contribution in [1.29, 1.82) is 0 Å². The molecule has 1 saturated heterocycles. The maximum Gasteiger partial charge on any atom is 0.274 e. The summed E-state index contributed by atoms with van der Waals surface area (Å²) in [7, 11) is 0. The van der Waals surface area contributed by atoms with E-state index < -0.39 is 5.91 Å². The molecule has 138 valence electrons. The van der Waals surface area contributed by atoms with Gasteiger partial charge in [-0.2, -0.15) is 13.5 Å². The molecule has 2 amide bonds. The number of carbonyl (C=O) groups is 2. The van der Waals surface area contributed by atoms with Gasteiger partial charge in [-0.05, 0) is 61.3 Å². The summed E-state index contributed by atoms with van der Waals surface area (Å²) in [6.45, 7) is 6.10. The molecule has 1 aliphatic heterocycles. The van der Waals surface area contributed by atoms with E-state index in [-0.39, 0.29) is 18.9 Å². The van der Waals surface area contributed by atoms with Crippen LogP contribution in [-0.4, -0.2) is 35.0 Å². The molecule has 5 nitrogen and oxygen atoms in total. The van der Waals surface area contributed by atoms with E-state index in [1.165, 1.54) is 0 Å². The maximum atomic E-state index is 13.0. The van der Waals surface area contributed by atoms with Crippen molar-refractivity contribution < 1.29 is 14.8 Å². The van der Waals surface area contributed by atoms with E-state index in [0.717, 1.165) is 56.3 Å². The molecule has 1 aromatic carbocycles. The molecular formula is C19H28N2O3S. The maximum absolute atomic E-state index is 13.0. The molecule has 2 N–H and O–H groups in total. The lowest BCUT2D eigenvalue weighted by molar-refractivity contribution is -0.136. The van der Waals surface area contributed by atoms with Crippen molar-refractivity contribution in [3.8, 4) is 0 Å². The molecule has 2 aliphatic rings. The fraction of sp³-hybridized carbons (Fsp3) is 0.579. The number of aryl methyl sites for hydroxylation is 1. The van der Waals surface area contributed by atoms with Crippen molar-refractivity contribution in [3.05, 3.63) is 34.9 Å². The summed E-state index contributed by atoms with van der Waals surface area (Å²) < 4.78 is 0. The van der Waals surface area contributed by atoms with E-state index >= 15 is 0 Å². The average molecular weight is 365 g/mol. The van der Waals surface area contributed by atoms with Gasteiger partial charge in [-0.1, -0.05) is 19.9 Å². The van der Waals surface area contributed by atoms with Gasteiger partial charge < -0.3 is 4.90 Å². The Bertz CT molecular complexity index is 662. The van der Waals surface area contributed by atoms with E-state index in [9.17, 15) is 9.59 Å². The number of hydrogen-bond acceptors (Lipinski definition) is 3. The summed E-state index contributed by atoms with van der Waals surface area (Å²) in [4.78, 5) is 26.5. The highest BCUT2D eigenvalue weighted by molar-refractivity contribution is 7.59. The predicted octanol–water partition coefficient (Wildman–Crippen LogP) is 2.67. The minimum atomic E-state index is -0.491. The standard InChI is InChI=1S/C19H26N2O3.H2S/c1-13(2)6-9-21-10-8-19(18(21)23)7-5-14-11-15(17(22)20-24)3-4-16(14)12-19;/h3-4,11,13,24H,5-10,12H2,1-2H3,(H,20,22);1H2/t19-;/m1./s1. The van der Waals surface area contributed by atoms with Gasteiger partial charge in [0.05, 0.1) is 5.41 Å². The summed E-state index contributed by atoms with van der Waals surface area (Å²) >= 11 is 0. The molecule has 6 heteroatoms. The molecule has 0 bridgehead atoms. The first kappa shape index (κ1) is 19.8. The molecule has 1 spiro atoms. The lowest BCUT2D eigenvalue weighted by Crippen LogP contribution is -2.39. The highest BCUT2D eigenvalue weighted by Crippen LogP contribution is 2.44. The van der Waals surface area contributed by atoms with Gasteiger partial charge in [-0.25, -0.2) is 5.48 Å². The highest BCUT2D eigenvalue weighted by Gasteiger charge is 2.47. The van der Waals surface area contributed by atoms with Crippen LogP contribution in [0.5, 0.6) is 0 Å². The van der Waals surface area contributed by atoms with Crippen molar-refractivity contribution >= 4 is 25.3 Å². The predicted molar refractivity (Wildman–Crippen MR) is 101 cm³/mol. The largest absolute Gasteiger partial charge is 0.342 e. The number of nitrogens with one attached hydrogen (secondary N) is 1. The Labute approximate surface area is 156 Å². The summed E-state index contributed by atoms with van der Waals surface area (Å²) in [6.07, 6.45) is 4.41. The van der Waals surface area contributed by atoms with Crippen LogP contribution in [0.3, 0.4) is 0 Å². The number of fused-ring (bicyclic) bond motifs is 1. The number of benzene rings is 1. The van der Waals surface area contributed by atoms with E-state index in [4.69, 9.17) is 5.21 Å². The Hall–Kier alpha value is -1.53. The van der Waals surface area contributed by atoms with Crippen LogP contribution in [0.2, 0.25) is 0 Å². The average Bonchev–Trinajstić information content (AvgIpc) is 2.88. The first-order valence-electron chi connectivity index (χ1n) is 8.81. The molecule has 1 heterocycles. The summed E-state index contributed by atoms with van der Waals surface area (Å²) in [6, 6.07) is 5.49. The molecule has 0 aromatic heterocycles. The summed E-state index contributed by atoms with van der Waals surface area (Å²) in [5.74, 6) is 0.429. The summed E-state index contributed by atoms with van der Waals surface area (Å²) in [5, 5.41) is 8.76. The second-order valence-corrected chi connectivity index (χ2v) is 7.61. The van der Waals surface area contributed by atoms with E-state index in [2.05, 4.69) is 13.8 Å². The van der Waals surface area contributed by atoms with Crippen molar-refractivity contribution in [1.82, 2.24) is 10.4 Å². The number of carbonyl (C=O) groups excluding carboxylic acids is 2. The Morgan fingerprint density at radius 1 is 1.32 bits per heavy atom.